The molecular weight excluding hydrogens is 320 g/mol. The first-order chi connectivity index (χ1) is 9.63. The van der Waals surface area contributed by atoms with Crippen molar-refractivity contribution in [2.75, 3.05) is 12.4 Å². The van der Waals surface area contributed by atoms with Gasteiger partial charge in [0.05, 0.1) is 24.4 Å². The fraction of sp³-hybridized carbons (Fsp3) is 0.0667. The third-order valence-electron chi connectivity index (χ3n) is 2.69. The second kappa shape index (κ2) is 6.22. The molecule has 0 unspecified atom stereocenters. The van der Waals surface area contributed by atoms with Crippen molar-refractivity contribution < 1.29 is 9.53 Å². The van der Waals surface area contributed by atoms with Crippen LogP contribution >= 0.6 is 15.9 Å². The van der Waals surface area contributed by atoms with E-state index in [0.717, 1.165) is 4.47 Å². The number of benzene rings is 2. The third-order valence-corrected chi connectivity index (χ3v) is 3.21. The fourth-order valence-electron chi connectivity index (χ4n) is 1.66. The van der Waals surface area contributed by atoms with Gasteiger partial charge in [0.2, 0.25) is 0 Å². The van der Waals surface area contributed by atoms with Crippen LogP contribution in [0.15, 0.2) is 46.9 Å². The summed E-state index contributed by atoms with van der Waals surface area (Å²) in [4.78, 5) is 12.1. The monoisotopic (exact) mass is 330 g/mol. The number of nitriles is 1. The summed E-state index contributed by atoms with van der Waals surface area (Å²) in [5, 5.41) is 11.6. The molecule has 100 valence electrons. The van der Waals surface area contributed by atoms with Crippen molar-refractivity contribution in [1.29, 1.82) is 5.26 Å². The van der Waals surface area contributed by atoms with Crippen molar-refractivity contribution in [2.24, 2.45) is 0 Å². The molecule has 2 aromatic carbocycles. The van der Waals surface area contributed by atoms with Gasteiger partial charge in [-0.25, -0.2) is 0 Å². The molecule has 0 aliphatic rings. The van der Waals surface area contributed by atoms with Gasteiger partial charge >= 0.3 is 0 Å². The highest BCUT2D eigenvalue weighted by Crippen LogP contribution is 2.26. The summed E-state index contributed by atoms with van der Waals surface area (Å²) < 4.78 is 6.08. The first-order valence-electron chi connectivity index (χ1n) is 5.79. The SMILES string of the molecule is COc1cc(C#N)ccc1NC(=O)c1ccc(Br)cc1. The lowest BCUT2D eigenvalue weighted by Crippen LogP contribution is -2.12. The Balaban J connectivity index is 2.23. The highest BCUT2D eigenvalue weighted by molar-refractivity contribution is 9.10. The lowest BCUT2D eigenvalue weighted by atomic mass is 10.1. The van der Waals surface area contributed by atoms with Gasteiger partial charge in [-0.05, 0) is 36.4 Å². The van der Waals surface area contributed by atoms with Crippen LogP contribution in [0.4, 0.5) is 5.69 Å². The van der Waals surface area contributed by atoms with Crippen LogP contribution in [0.5, 0.6) is 5.75 Å². The van der Waals surface area contributed by atoms with Crippen molar-refractivity contribution in [3.8, 4) is 11.8 Å². The molecule has 0 saturated heterocycles. The number of nitrogens with one attached hydrogen (secondary N) is 1. The van der Waals surface area contributed by atoms with E-state index >= 15 is 0 Å². The van der Waals surface area contributed by atoms with Crippen molar-refractivity contribution in [3.05, 3.63) is 58.1 Å². The number of hydrogen-bond acceptors (Lipinski definition) is 3. The van der Waals surface area contributed by atoms with Gasteiger partial charge < -0.3 is 10.1 Å². The van der Waals surface area contributed by atoms with Crippen molar-refractivity contribution >= 4 is 27.5 Å². The van der Waals surface area contributed by atoms with Crippen LogP contribution in [0, 0.1) is 11.3 Å². The van der Waals surface area contributed by atoms with Crippen molar-refractivity contribution in [2.45, 2.75) is 0 Å². The normalized spacial score (nSPS) is 9.65. The molecule has 0 saturated carbocycles. The van der Waals surface area contributed by atoms with Gasteiger partial charge in [0.25, 0.3) is 5.91 Å². The molecule has 1 amide bonds. The average Bonchev–Trinajstić information content (AvgIpc) is 2.48. The molecule has 1 N–H and O–H groups in total. The minimum Gasteiger partial charge on any atom is -0.495 e. The number of carbonyl (C=O) groups is 1. The van der Waals surface area contributed by atoms with E-state index in [4.69, 9.17) is 10.00 Å². The van der Waals surface area contributed by atoms with Crippen molar-refractivity contribution in [3.63, 3.8) is 0 Å². The molecule has 2 rings (SSSR count). The van der Waals surface area contributed by atoms with E-state index in [2.05, 4.69) is 21.2 Å². The number of anilines is 1. The molecule has 0 spiro atoms. The molecule has 0 atom stereocenters. The summed E-state index contributed by atoms with van der Waals surface area (Å²) in [6, 6.07) is 13.9. The van der Waals surface area contributed by atoms with E-state index in [9.17, 15) is 4.79 Å². The molecule has 0 heterocycles. The molecule has 0 radical (unpaired) electrons. The summed E-state index contributed by atoms with van der Waals surface area (Å²) in [6.45, 7) is 0. The first-order valence-corrected chi connectivity index (χ1v) is 6.58. The first kappa shape index (κ1) is 14.1. The number of nitrogens with zero attached hydrogens (tertiary/aromatic N) is 1. The molecule has 0 fully saturated rings. The number of rotatable bonds is 3. The zero-order chi connectivity index (χ0) is 14.5. The predicted molar refractivity (Wildman–Crippen MR) is 79.8 cm³/mol. The minimum atomic E-state index is -0.236. The minimum absolute atomic E-state index is 0.236. The maximum Gasteiger partial charge on any atom is 0.255 e. The highest BCUT2D eigenvalue weighted by atomic mass is 79.9. The van der Waals surface area contributed by atoms with Crippen LogP contribution in [-0.2, 0) is 0 Å². The van der Waals surface area contributed by atoms with Gasteiger partial charge in [0, 0.05) is 16.1 Å². The molecule has 20 heavy (non-hydrogen) atoms. The van der Waals surface area contributed by atoms with Gasteiger partial charge in [-0.1, -0.05) is 15.9 Å². The van der Waals surface area contributed by atoms with Crippen LogP contribution in [-0.4, -0.2) is 13.0 Å². The highest BCUT2D eigenvalue weighted by Gasteiger charge is 2.10. The standard InChI is InChI=1S/C15H11BrN2O2/c1-20-14-8-10(9-17)2-7-13(14)18-15(19)11-3-5-12(16)6-4-11/h2-8H,1H3,(H,18,19). The van der Waals surface area contributed by atoms with Crippen molar-refractivity contribution in [1.82, 2.24) is 0 Å². The summed E-state index contributed by atoms with van der Waals surface area (Å²) in [6.07, 6.45) is 0. The van der Waals surface area contributed by atoms with Crippen LogP contribution in [0.25, 0.3) is 0 Å². The van der Waals surface area contributed by atoms with Crippen LogP contribution in [0.1, 0.15) is 15.9 Å². The second-order valence-corrected chi connectivity index (χ2v) is 4.90. The summed E-state index contributed by atoms with van der Waals surface area (Å²) in [7, 11) is 1.49. The predicted octanol–water partition coefficient (Wildman–Crippen LogP) is 3.58. The Morgan fingerprint density at radius 3 is 2.55 bits per heavy atom. The largest absolute Gasteiger partial charge is 0.495 e. The van der Waals surface area contributed by atoms with E-state index in [1.165, 1.54) is 7.11 Å². The molecule has 0 aromatic heterocycles. The van der Waals surface area contributed by atoms with Gasteiger partial charge in [0.15, 0.2) is 0 Å². The molecule has 0 aliphatic heterocycles. The van der Waals surface area contributed by atoms with E-state index in [-0.39, 0.29) is 5.91 Å². The molecular formula is C15H11BrN2O2. The Morgan fingerprint density at radius 1 is 1.25 bits per heavy atom. The number of carbonyl (C=O) groups excluding carboxylic acids is 1. The quantitative estimate of drug-likeness (QED) is 0.935. The molecule has 0 bridgehead atoms. The number of ether oxygens (including phenoxy) is 1. The number of hydrogen-bond donors (Lipinski definition) is 1. The van der Waals surface area contributed by atoms with Crippen LogP contribution in [0.2, 0.25) is 0 Å². The summed E-state index contributed by atoms with van der Waals surface area (Å²) >= 11 is 3.32. The van der Waals surface area contributed by atoms with Crippen LogP contribution in [0.3, 0.4) is 0 Å². The second-order valence-electron chi connectivity index (χ2n) is 3.99. The summed E-state index contributed by atoms with van der Waals surface area (Å²) in [5.74, 6) is 0.218. The van der Waals surface area contributed by atoms with E-state index in [0.29, 0.717) is 22.6 Å². The van der Waals surface area contributed by atoms with E-state index in [1.807, 2.05) is 6.07 Å². The van der Waals surface area contributed by atoms with Crippen LogP contribution < -0.4 is 10.1 Å². The van der Waals surface area contributed by atoms with E-state index in [1.54, 1.807) is 42.5 Å². The van der Waals surface area contributed by atoms with Gasteiger partial charge in [0.1, 0.15) is 5.75 Å². The maximum atomic E-state index is 12.1. The zero-order valence-corrected chi connectivity index (χ0v) is 12.3. The Kier molecular flexibility index (Phi) is 4.38. The maximum absolute atomic E-state index is 12.1. The van der Waals surface area contributed by atoms with Gasteiger partial charge in [-0.3, -0.25) is 4.79 Å². The summed E-state index contributed by atoms with van der Waals surface area (Å²) in [5.41, 5.74) is 1.54. The number of halogens is 1. The molecule has 5 heteroatoms. The molecule has 0 aliphatic carbocycles. The number of amides is 1. The Labute approximate surface area is 125 Å². The Bertz CT molecular complexity index is 675. The van der Waals surface area contributed by atoms with Gasteiger partial charge in [-0.2, -0.15) is 5.26 Å². The van der Waals surface area contributed by atoms with E-state index < -0.39 is 0 Å². The Morgan fingerprint density at radius 2 is 1.95 bits per heavy atom. The molecule has 4 nitrogen and oxygen atoms in total. The lowest BCUT2D eigenvalue weighted by Gasteiger charge is -2.10. The Hall–Kier alpha value is -2.32. The zero-order valence-electron chi connectivity index (χ0n) is 10.7. The average molecular weight is 331 g/mol. The topological polar surface area (TPSA) is 62.1 Å². The van der Waals surface area contributed by atoms with Gasteiger partial charge in [-0.15, -0.1) is 0 Å². The smallest absolute Gasteiger partial charge is 0.255 e. The lowest BCUT2D eigenvalue weighted by molar-refractivity contribution is 0.102. The molecule has 2 aromatic rings. The third kappa shape index (κ3) is 3.16. The number of methoxy groups -OCH3 is 1. The fourth-order valence-corrected chi connectivity index (χ4v) is 1.92.